The Labute approximate surface area is 110 Å². The van der Waals surface area contributed by atoms with Gasteiger partial charge in [-0.3, -0.25) is 0 Å². The summed E-state index contributed by atoms with van der Waals surface area (Å²) in [5.41, 5.74) is 2.20. The lowest BCUT2D eigenvalue weighted by molar-refractivity contribution is -0.129. The van der Waals surface area contributed by atoms with Gasteiger partial charge in [0, 0.05) is 11.1 Å². The van der Waals surface area contributed by atoms with E-state index in [4.69, 9.17) is 9.47 Å². The molecule has 1 saturated heterocycles. The van der Waals surface area contributed by atoms with Gasteiger partial charge in [-0.25, -0.2) is 0 Å². The zero-order chi connectivity index (χ0) is 13.1. The first-order valence-corrected chi connectivity index (χ1v) is 6.12. The number of hydrogen-bond donors (Lipinski definition) is 0. The minimum absolute atomic E-state index is 0.393. The Hall–Kier alpha value is -2.04. The first-order chi connectivity index (χ1) is 9.35. The molecule has 0 unspecified atom stereocenters. The van der Waals surface area contributed by atoms with E-state index in [1.54, 1.807) is 12.1 Å². The second-order valence-electron chi connectivity index (χ2n) is 4.32. The van der Waals surface area contributed by atoms with Crippen LogP contribution in [0.25, 0.3) is 0 Å². The molecule has 0 N–H and O–H groups in total. The van der Waals surface area contributed by atoms with Crippen molar-refractivity contribution in [2.45, 2.75) is 5.79 Å². The van der Waals surface area contributed by atoms with Gasteiger partial charge < -0.3 is 9.47 Å². The summed E-state index contributed by atoms with van der Waals surface area (Å²) in [5, 5.41) is 2.90. The van der Waals surface area contributed by atoms with Gasteiger partial charge in [0.1, 0.15) is 5.69 Å². The minimum atomic E-state index is -0.872. The van der Waals surface area contributed by atoms with Gasteiger partial charge in [0.05, 0.1) is 13.2 Å². The van der Waals surface area contributed by atoms with E-state index in [1.807, 2.05) is 42.5 Å². The van der Waals surface area contributed by atoms with E-state index in [-0.39, 0.29) is 0 Å². The van der Waals surface area contributed by atoms with Crippen LogP contribution in [-0.2, 0) is 15.3 Å². The molecule has 0 aromatic heterocycles. The highest BCUT2D eigenvalue weighted by atomic mass is 16.7. The zero-order valence-corrected chi connectivity index (χ0v) is 10.3. The van der Waals surface area contributed by atoms with Crippen LogP contribution in [0.3, 0.4) is 0 Å². The fraction of sp³-hybridized carbons (Fsp3) is 0.200. The van der Waals surface area contributed by atoms with Crippen LogP contribution in [0.2, 0.25) is 0 Å². The molecular weight excluding hydrogens is 242 g/mol. The normalized spacial score (nSPS) is 17.3. The number of nitrogens with zero attached hydrogens (tertiary/aromatic N) is 1. The molecule has 4 heteroatoms. The van der Waals surface area contributed by atoms with Crippen molar-refractivity contribution in [3.05, 3.63) is 70.6 Å². The van der Waals surface area contributed by atoms with Crippen LogP contribution < -0.4 is 0 Å². The molecule has 0 bridgehead atoms. The Kier molecular flexibility index (Phi) is 3.11. The van der Waals surface area contributed by atoms with Crippen LogP contribution in [-0.4, -0.2) is 13.2 Å². The third-order valence-corrected chi connectivity index (χ3v) is 3.20. The van der Waals surface area contributed by atoms with E-state index < -0.39 is 5.79 Å². The molecule has 0 amide bonds. The number of rotatable bonds is 3. The summed E-state index contributed by atoms with van der Waals surface area (Å²) < 4.78 is 11.7. The van der Waals surface area contributed by atoms with Gasteiger partial charge in [0.25, 0.3) is 0 Å². The van der Waals surface area contributed by atoms with Crippen molar-refractivity contribution in [2.24, 2.45) is 5.18 Å². The number of hydrogen-bond acceptors (Lipinski definition) is 4. The van der Waals surface area contributed by atoms with E-state index in [0.717, 1.165) is 11.1 Å². The second kappa shape index (κ2) is 4.91. The molecular formula is C15H13NO3. The van der Waals surface area contributed by atoms with Crippen molar-refractivity contribution in [3.8, 4) is 0 Å². The highest BCUT2D eigenvalue weighted by molar-refractivity contribution is 5.43. The van der Waals surface area contributed by atoms with Crippen molar-refractivity contribution in [1.29, 1.82) is 0 Å². The predicted molar refractivity (Wildman–Crippen MR) is 71.0 cm³/mol. The Morgan fingerprint density at radius 1 is 0.842 bits per heavy atom. The SMILES string of the molecule is O=Nc1ccc(C2(c3ccccc3)OCCO2)cc1. The van der Waals surface area contributed by atoms with Gasteiger partial charge in [-0.15, -0.1) is 4.91 Å². The van der Waals surface area contributed by atoms with Gasteiger partial charge in [0.2, 0.25) is 5.79 Å². The number of nitroso groups, excluding NO2 is 1. The molecule has 0 radical (unpaired) electrons. The highest BCUT2D eigenvalue weighted by Crippen LogP contribution is 2.38. The monoisotopic (exact) mass is 255 g/mol. The molecule has 0 spiro atoms. The van der Waals surface area contributed by atoms with Crippen LogP contribution >= 0.6 is 0 Å². The lowest BCUT2D eigenvalue weighted by Gasteiger charge is -2.28. The van der Waals surface area contributed by atoms with Gasteiger partial charge in [-0.1, -0.05) is 42.5 Å². The van der Waals surface area contributed by atoms with Crippen molar-refractivity contribution in [2.75, 3.05) is 13.2 Å². The molecule has 1 aliphatic rings. The molecule has 2 aromatic rings. The number of ether oxygens (including phenoxy) is 2. The quantitative estimate of drug-likeness (QED) is 0.790. The summed E-state index contributed by atoms with van der Waals surface area (Å²) in [6.45, 7) is 1.09. The molecule has 2 aromatic carbocycles. The standard InChI is InChI=1S/C15H13NO3/c17-16-14-8-6-13(7-9-14)15(18-10-11-19-15)12-4-2-1-3-5-12/h1-9H,10-11H2. The molecule has 1 aliphatic heterocycles. The molecule has 1 heterocycles. The van der Waals surface area contributed by atoms with E-state index in [0.29, 0.717) is 18.9 Å². The third-order valence-electron chi connectivity index (χ3n) is 3.20. The van der Waals surface area contributed by atoms with E-state index in [1.165, 1.54) is 0 Å². The van der Waals surface area contributed by atoms with Crippen molar-refractivity contribution >= 4 is 5.69 Å². The van der Waals surface area contributed by atoms with Crippen molar-refractivity contribution in [1.82, 2.24) is 0 Å². The van der Waals surface area contributed by atoms with Crippen LogP contribution in [0.15, 0.2) is 59.8 Å². The van der Waals surface area contributed by atoms with Crippen molar-refractivity contribution < 1.29 is 9.47 Å². The molecule has 19 heavy (non-hydrogen) atoms. The molecule has 3 rings (SSSR count). The van der Waals surface area contributed by atoms with Gasteiger partial charge in [-0.2, -0.15) is 0 Å². The van der Waals surface area contributed by atoms with Gasteiger partial charge >= 0.3 is 0 Å². The van der Waals surface area contributed by atoms with Gasteiger partial charge in [-0.05, 0) is 17.3 Å². The Morgan fingerprint density at radius 3 is 2.00 bits per heavy atom. The van der Waals surface area contributed by atoms with E-state index >= 15 is 0 Å². The van der Waals surface area contributed by atoms with E-state index in [9.17, 15) is 4.91 Å². The first-order valence-electron chi connectivity index (χ1n) is 6.12. The summed E-state index contributed by atoms with van der Waals surface area (Å²) in [6, 6.07) is 16.7. The average Bonchev–Trinajstić information content (AvgIpc) is 2.99. The molecule has 96 valence electrons. The Bertz CT molecular complexity index is 560. The lowest BCUT2D eigenvalue weighted by Crippen LogP contribution is -2.28. The summed E-state index contributed by atoms with van der Waals surface area (Å²) in [7, 11) is 0. The Morgan fingerprint density at radius 2 is 1.42 bits per heavy atom. The summed E-state index contributed by atoms with van der Waals surface area (Å²) in [6.07, 6.45) is 0. The minimum Gasteiger partial charge on any atom is -0.340 e. The number of benzene rings is 2. The molecule has 0 aliphatic carbocycles. The topological polar surface area (TPSA) is 47.9 Å². The summed E-state index contributed by atoms with van der Waals surface area (Å²) >= 11 is 0. The third kappa shape index (κ3) is 2.05. The maximum Gasteiger partial charge on any atom is 0.222 e. The fourth-order valence-electron chi connectivity index (χ4n) is 2.31. The molecule has 0 atom stereocenters. The summed E-state index contributed by atoms with van der Waals surface area (Å²) in [5.74, 6) is -0.872. The van der Waals surface area contributed by atoms with Crippen LogP contribution in [0, 0.1) is 4.91 Å². The fourth-order valence-corrected chi connectivity index (χ4v) is 2.31. The maximum atomic E-state index is 10.5. The molecule has 0 saturated carbocycles. The predicted octanol–water partition coefficient (Wildman–Crippen LogP) is 3.33. The second-order valence-corrected chi connectivity index (χ2v) is 4.32. The highest BCUT2D eigenvalue weighted by Gasteiger charge is 2.40. The van der Waals surface area contributed by atoms with E-state index in [2.05, 4.69) is 5.18 Å². The first kappa shape index (κ1) is 12.0. The maximum absolute atomic E-state index is 10.5. The lowest BCUT2D eigenvalue weighted by atomic mass is 9.97. The average molecular weight is 255 g/mol. The van der Waals surface area contributed by atoms with Crippen LogP contribution in [0.5, 0.6) is 0 Å². The van der Waals surface area contributed by atoms with Crippen LogP contribution in [0.1, 0.15) is 11.1 Å². The molecule has 1 fully saturated rings. The smallest absolute Gasteiger partial charge is 0.222 e. The molecule has 4 nitrogen and oxygen atoms in total. The van der Waals surface area contributed by atoms with Crippen molar-refractivity contribution in [3.63, 3.8) is 0 Å². The van der Waals surface area contributed by atoms with Gasteiger partial charge in [0.15, 0.2) is 0 Å². The Balaban J connectivity index is 2.07. The zero-order valence-electron chi connectivity index (χ0n) is 10.3. The summed E-state index contributed by atoms with van der Waals surface area (Å²) in [4.78, 5) is 10.5. The largest absolute Gasteiger partial charge is 0.340 e. The van der Waals surface area contributed by atoms with Crippen LogP contribution in [0.4, 0.5) is 5.69 Å².